The Morgan fingerprint density at radius 2 is 1.63 bits per heavy atom. The predicted molar refractivity (Wildman–Crippen MR) is 195 cm³/mol. The fraction of sp³-hybridized carbons (Fsp3) is 0.237. The Labute approximate surface area is 295 Å². The van der Waals surface area contributed by atoms with E-state index in [4.69, 9.17) is 35.9 Å². The third-order valence-electron chi connectivity index (χ3n) is 7.93. The van der Waals surface area contributed by atoms with Crippen molar-refractivity contribution < 1.29 is 19.0 Å². The molecule has 9 nitrogen and oxygen atoms in total. The molecule has 1 atom stereocenters. The number of nitrogens with zero attached hydrogens (tertiary/aromatic N) is 3. The summed E-state index contributed by atoms with van der Waals surface area (Å²) in [6, 6.07) is 28.4. The number of halogens is 1. The number of carbonyl (C=O) groups is 1. The van der Waals surface area contributed by atoms with E-state index in [0.29, 0.717) is 75.9 Å². The van der Waals surface area contributed by atoms with Gasteiger partial charge >= 0.3 is 0 Å². The van der Waals surface area contributed by atoms with Gasteiger partial charge in [-0.1, -0.05) is 89.6 Å². The van der Waals surface area contributed by atoms with Crippen LogP contribution in [0.5, 0.6) is 17.2 Å². The van der Waals surface area contributed by atoms with Gasteiger partial charge in [0.05, 0.1) is 24.5 Å². The number of fused-ring (bicyclic) bond motifs is 1. The number of aromatic nitrogens is 3. The average Bonchev–Trinajstić information content (AvgIpc) is 3.51. The summed E-state index contributed by atoms with van der Waals surface area (Å²) >= 11 is 7.90. The topological polar surface area (TPSA) is 99.5 Å². The summed E-state index contributed by atoms with van der Waals surface area (Å²) in [6.07, 6.45) is 0. The van der Waals surface area contributed by atoms with Crippen LogP contribution in [-0.4, -0.2) is 33.9 Å². The van der Waals surface area contributed by atoms with Gasteiger partial charge in [0.25, 0.3) is 5.91 Å². The minimum Gasteiger partial charge on any atom is -0.492 e. The highest BCUT2D eigenvalue weighted by Gasteiger charge is 2.35. The quantitative estimate of drug-likeness (QED) is 0.118. The number of hydrogen-bond acceptors (Lipinski definition) is 8. The molecular formula is C38H38ClN5O4S. The number of amides is 1. The lowest BCUT2D eigenvalue weighted by atomic mass is 9.94. The molecule has 0 radical (unpaired) electrons. The first kappa shape index (κ1) is 34.0. The third kappa shape index (κ3) is 7.87. The monoisotopic (exact) mass is 695 g/mol. The van der Waals surface area contributed by atoms with Crippen LogP contribution in [0.2, 0.25) is 5.02 Å². The number of allylic oxidation sites excluding steroid dienone is 1. The maximum absolute atomic E-state index is 14.2. The fourth-order valence-corrected chi connectivity index (χ4v) is 6.64. The molecule has 5 aromatic rings. The van der Waals surface area contributed by atoms with Crippen molar-refractivity contribution in [2.45, 2.75) is 51.3 Å². The number of carbonyl (C=O) groups excluding carboxylic acids is 1. The number of thioether (sulfide) groups is 1. The minimum absolute atomic E-state index is 0.300. The average molecular weight is 696 g/mol. The van der Waals surface area contributed by atoms with Gasteiger partial charge in [0, 0.05) is 16.5 Å². The third-order valence-corrected chi connectivity index (χ3v) is 9.18. The van der Waals surface area contributed by atoms with E-state index in [9.17, 15) is 4.79 Å². The van der Waals surface area contributed by atoms with Gasteiger partial charge < -0.3 is 24.8 Å². The molecule has 6 rings (SSSR count). The number of para-hydroxylation sites is 2. The lowest BCUT2D eigenvalue weighted by molar-refractivity contribution is -0.113. The summed E-state index contributed by atoms with van der Waals surface area (Å²) in [5, 5.41) is 12.5. The van der Waals surface area contributed by atoms with Gasteiger partial charge in [-0.15, -0.1) is 5.10 Å². The van der Waals surface area contributed by atoms with Crippen LogP contribution in [-0.2, 0) is 17.2 Å². The number of hydrogen-bond donors (Lipinski definition) is 2. The first-order valence-corrected chi connectivity index (χ1v) is 17.5. The Balaban J connectivity index is 1.36. The zero-order valence-corrected chi connectivity index (χ0v) is 29.4. The molecule has 2 heterocycles. The molecule has 11 heteroatoms. The summed E-state index contributed by atoms with van der Waals surface area (Å²) in [6.45, 7) is 9.05. The molecular weight excluding hydrogens is 658 g/mol. The SMILES string of the molecule is CCOc1ccccc1NC(=O)C1=C(C)Nc2nc(SCc3ccccc3Cl)nn2C1c1ccc(OCc2ccc(C)cc2)c(OCC)c1. The highest BCUT2D eigenvalue weighted by atomic mass is 35.5. The fourth-order valence-electron chi connectivity index (χ4n) is 5.52. The standard InChI is InChI=1S/C38H38ClN5O4S/c1-5-46-31-14-10-9-13-30(31)41-36(45)34-25(4)40-37-42-38(49-23-28-11-7-8-12-29(28)39)43-44(37)35(34)27-19-20-32(33(21-27)47-6-2)48-22-26-17-15-24(3)16-18-26/h7-21,35H,5-6,22-23H2,1-4H3,(H,41,45)(H,40,42,43). The van der Waals surface area contributed by atoms with Crippen molar-refractivity contribution >= 4 is 40.9 Å². The van der Waals surface area contributed by atoms with Crippen LogP contribution in [0.25, 0.3) is 0 Å². The van der Waals surface area contributed by atoms with Crippen LogP contribution >= 0.6 is 23.4 Å². The molecule has 1 aromatic heterocycles. The van der Waals surface area contributed by atoms with Crippen LogP contribution in [0.3, 0.4) is 0 Å². The molecule has 2 N–H and O–H groups in total. The van der Waals surface area contributed by atoms with Crippen molar-refractivity contribution in [2.75, 3.05) is 23.8 Å². The molecule has 1 aliphatic heterocycles. The lowest BCUT2D eigenvalue weighted by Gasteiger charge is -2.29. The number of anilines is 2. The van der Waals surface area contributed by atoms with Crippen LogP contribution in [0.15, 0.2) is 107 Å². The predicted octanol–water partition coefficient (Wildman–Crippen LogP) is 8.84. The van der Waals surface area contributed by atoms with Gasteiger partial charge in [-0.3, -0.25) is 4.79 Å². The smallest absolute Gasteiger partial charge is 0.255 e. The zero-order chi connectivity index (χ0) is 34.3. The lowest BCUT2D eigenvalue weighted by Crippen LogP contribution is -2.31. The molecule has 1 aliphatic rings. The summed E-state index contributed by atoms with van der Waals surface area (Å²) in [5.74, 6) is 2.57. The van der Waals surface area contributed by atoms with Gasteiger partial charge in [0.15, 0.2) is 11.5 Å². The van der Waals surface area contributed by atoms with Crippen molar-refractivity contribution in [1.29, 1.82) is 0 Å². The molecule has 1 amide bonds. The number of benzene rings is 4. The largest absolute Gasteiger partial charge is 0.492 e. The van der Waals surface area contributed by atoms with E-state index in [1.807, 2.05) is 87.5 Å². The van der Waals surface area contributed by atoms with E-state index in [2.05, 4.69) is 41.8 Å². The summed E-state index contributed by atoms with van der Waals surface area (Å²) < 4.78 is 19.9. The van der Waals surface area contributed by atoms with Crippen LogP contribution in [0.4, 0.5) is 11.6 Å². The Kier molecular flexibility index (Phi) is 10.8. The number of nitrogens with one attached hydrogen (secondary N) is 2. The molecule has 0 spiro atoms. The second-order valence-electron chi connectivity index (χ2n) is 11.4. The second kappa shape index (κ2) is 15.5. The minimum atomic E-state index is -0.636. The van der Waals surface area contributed by atoms with E-state index < -0.39 is 6.04 Å². The number of ether oxygens (including phenoxy) is 3. The summed E-state index contributed by atoms with van der Waals surface area (Å²) in [7, 11) is 0. The van der Waals surface area contributed by atoms with E-state index >= 15 is 0 Å². The zero-order valence-electron chi connectivity index (χ0n) is 27.8. The van der Waals surface area contributed by atoms with Crippen LogP contribution in [0.1, 0.15) is 49.1 Å². The van der Waals surface area contributed by atoms with Gasteiger partial charge in [-0.05, 0) is 74.7 Å². The van der Waals surface area contributed by atoms with Crippen molar-refractivity contribution in [1.82, 2.24) is 14.8 Å². The summed E-state index contributed by atoms with van der Waals surface area (Å²) in [5.41, 5.74) is 5.70. The molecule has 49 heavy (non-hydrogen) atoms. The van der Waals surface area contributed by atoms with E-state index in [1.165, 1.54) is 17.3 Å². The van der Waals surface area contributed by atoms with Crippen LogP contribution < -0.4 is 24.8 Å². The summed E-state index contributed by atoms with van der Waals surface area (Å²) in [4.78, 5) is 19.0. The number of aryl methyl sites for hydroxylation is 1. The van der Waals surface area contributed by atoms with Gasteiger partial charge in [0.1, 0.15) is 18.4 Å². The van der Waals surface area contributed by atoms with E-state index in [0.717, 1.165) is 16.7 Å². The number of rotatable bonds is 13. The normalized spacial score (nSPS) is 13.8. The van der Waals surface area contributed by atoms with Crippen molar-refractivity contribution in [3.63, 3.8) is 0 Å². The van der Waals surface area contributed by atoms with Crippen molar-refractivity contribution in [3.8, 4) is 17.2 Å². The Morgan fingerprint density at radius 3 is 2.41 bits per heavy atom. The van der Waals surface area contributed by atoms with E-state index in [1.54, 1.807) is 4.68 Å². The molecule has 0 fully saturated rings. The molecule has 0 saturated carbocycles. The Hall–Kier alpha value is -4.93. The van der Waals surface area contributed by atoms with E-state index in [-0.39, 0.29) is 5.91 Å². The maximum Gasteiger partial charge on any atom is 0.255 e. The highest BCUT2D eigenvalue weighted by Crippen LogP contribution is 2.41. The second-order valence-corrected chi connectivity index (χ2v) is 12.8. The Bertz CT molecular complexity index is 1980. The highest BCUT2D eigenvalue weighted by molar-refractivity contribution is 7.98. The van der Waals surface area contributed by atoms with Crippen molar-refractivity contribution in [2.24, 2.45) is 0 Å². The molecule has 4 aromatic carbocycles. The van der Waals surface area contributed by atoms with Gasteiger partial charge in [0.2, 0.25) is 11.1 Å². The molecule has 1 unspecified atom stereocenters. The van der Waals surface area contributed by atoms with Gasteiger partial charge in [-0.2, -0.15) is 4.98 Å². The maximum atomic E-state index is 14.2. The first-order chi connectivity index (χ1) is 23.8. The first-order valence-electron chi connectivity index (χ1n) is 16.1. The molecule has 0 bridgehead atoms. The van der Waals surface area contributed by atoms with Crippen LogP contribution in [0, 0.1) is 6.92 Å². The van der Waals surface area contributed by atoms with Crippen molar-refractivity contribution in [3.05, 3.63) is 130 Å². The van der Waals surface area contributed by atoms with Gasteiger partial charge in [-0.25, -0.2) is 4.68 Å². The molecule has 0 saturated heterocycles. The Morgan fingerprint density at radius 1 is 0.898 bits per heavy atom. The molecule has 0 aliphatic carbocycles. The molecule has 252 valence electrons.